The lowest BCUT2D eigenvalue weighted by molar-refractivity contribution is -0.690. The van der Waals surface area contributed by atoms with Crippen LogP contribution in [0.2, 0.25) is 5.02 Å². The van der Waals surface area contributed by atoms with Gasteiger partial charge in [-0.05, 0) is 43.0 Å². The molecule has 1 fully saturated rings. The fraction of sp³-hybridized carbons (Fsp3) is 0.562. The van der Waals surface area contributed by atoms with E-state index in [0.717, 1.165) is 18.5 Å². The van der Waals surface area contributed by atoms with Crippen molar-refractivity contribution in [1.29, 1.82) is 0 Å². The number of nitrogens with two attached hydrogens (primary N) is 1. The lowest BCUT2D eigenvalue weighted by atomic mass is 9.87. The van der Waals surface area contributed by atoms with Gasteiger partial charge in [-0.2, -0.15) is 0 Å². The van der Waals surface area contributed by atoms with Crippen LogP contribution in [0.1, 0.15) is 43.0 Å². The number of carbonyl (C=O) groups is 1. The van der Waals surface area contributed by atoms with Crippen LogP contribution in [0.4, 0.5) is 0 Å². The first kappa shape index (κ1) is 15.3. The van der Waals surface area contributed by atoms with E-state index < -0.39 is 0 Å². The Hall–Kier alpha value is -1.06. The molecule has 20 heavy (non-hydrogen) atoms. The van der Waals surface area contributed by atoms with E-state index in [2.05, 4.69) is 17.6 Å². The highest BCUT2D eigenvalue weighted by Gasteiger charge is 2.20. The second-order valence-corrected chi connectivity index (χ2v) is 6.26. The number of hydrogen-bond donors (Lipinski definition) is 2. The number of hydrogen-bond acceptors (Lipinski definition) is 1. The van der Waals surface area contributed by atoms with Gasteiger partial charge < -0.3 is 10.6 Å². The highest BCUT2D eigenvalue weighted by Crippen LogP contribution is 2.21. The Morgan fingerprint density at radius 1 is 1.35 bits per heavy atom. The monoisotopic (exact) mass is 295 g/mol. The molecule has 1 saturated carbocycles. The number of halogens is 1. The molecule has 1 aliphatic rings. The van der Waals surface area contributed by atoms with Crippen LogP contribution in [0.15, 0.2) is 24.3 Å². The SMILES string of the molecule is C[C@@H]1CCC[C@H]([NH2+]CCNC(=O)c2ccc(Cl)cc2)C1. The summed E-state index contributed by atoms with van der Waals surface area (Å²) >= 11 is 5.80. The maximum atomic E-state index is 11.9. The van der Waals surface area contributed by atoms with E-state index in [4.69, 9.17) is 11.6 Å². The first-order valence-corrected chi connectivity index (χ1v) is 7.90. The molecule has 110 valence electrons. The van der Waals surface area contributed by atoms with Crippen molar-refractivity contribution in [3.63, 3.8) is 0 Å². The zero-order valence-electron chi connectivity index (χ0n) is 12.1. The average molecular weight is 296 g/mol. The van der Waals surface area contributed by atoms with Crippen LogP contribution in [0.3, 0.4) is 0 Å². The maximum absolute atomic E-state index is 11.9. The summed E-state index contributed by atoms with van der Waals surface area (Å²) in [4.78, 5) is 11.9. The van der Waals surface area contributed by atoms with Crippen LogP contribution in [-0.4, -0.2) is 25.0 Å². The van der Waals surface area contributed by atoms with Gasteiger partial charge in [0.05, 0.1) is 19.1 Å². The largest absolute Gasteiger partial charge is 0.346 e. The Labute approximate surface area is 126 Å². The van der Waals surface area contributed by atoms with Gasteiger partial charge in [-0.25, -0.2) is 0 Å². The minimum absolute atomic E-state index is 0.0212. The standard InChI is InChI=1S/C16H23ClN2O/c1-12-3-2-4-15(11-12)18-9-10-19-16(20)13-5-7-14(17)8-6-13/h5-8,12,15,18H,2-4,9-11H2,1H3,(H,19,20)/p+1/t12-,15+/m1/s1. The van der Waals surface area contributed by atoms with Gasteiger partial charge >= 0.3 is 0 Å². The van der Waals surface area contributed by atoms with E-state index in [1.54, 1.807) is 24.3 Å². The Morgan fingerprint density at radius 3 is 2.80 bits per heavy atom. The number of amides is 1. The molecule has 1 aliphatic carbocycles. The molecule has 0 bridgehead atoms. The van der Waals surface area contributed by atoms with Gasteiger partial charge in [-0.15, -0.1) is 0 Å². The minimum Gasteiger partial charge on any atom is -0.346 e. The summed E-state index contributed by atoms with van der Waals surface area (Å²) in [7, 11) is 0. The molecule has 3 N–H and O–H groups in total. The molecule has 0 radical (unpaired) electrons. The second-order valence-electron chi connectivity index (χ2n) is 5.82. The van der Waals surface area contributed by atoms with Crippen molar-refractivity contribution in [2.75, 3.05) is 13.1 Å². The molecule has 0 aromatic heterocycles. The van der Waals surface area contributed by atoms with Crippen molar-refractivity contribution in [3.05, 3.63) is 34.9 Å². The number of nitrogens with one attached hydrogen (secondary N) is 1. The Balaban J connectivity index is 1.65. The third kappa shape index (κ3) is 4.80. The van der Waals surface area contributed by atoms with Gasteiger partial charge in [0, 0.05) is 17.0 Å². The smallest absolute Gasteiger partial charge is 0.251 e. The normalized spacial score (nSPS) is 22.5. The highest BCUT2D eigenvalue weighted by atomic mass is 35.5. The summed E-state index contributed by atoms with van der Waals surface area (Å²) in [6.07, 6.45) is 5.34. The molecule has 4 heteroatoms. The Bertz CT molecular complexity index is 433. The van der Waals surface area contributed by atoms with Gasteiger partial charge in [-0.3, -0.25) is 4.79 Å². The molecule has 1 aromatic rings. The van der Waals surface area contributed by atoms with Crippen molar-refractivity contribution < 1.29 is 10.1 Å². The van der Waals surface area contributed by atoms with Gasteiger partial charge in [-0.1, -0.05) is 24.9 Å². The zero-order chi connectivity index (χ0) is 14.4. The molecule has 0 unspecified atom stereocenters. The lowest BCUT2D eigenvalue weighted by Gasteiger charge is -2.24. The number of benzene rings is 1. The van der Waals surface area contributed by atoms with Crippen molar-refractivity contribution >= 4 is 17.5 Å². The quantitative estimate of drug-likeness (QED) is 0.804. The summed E-state index contributed by atoms with van der Waals surface area (Å²) < 4.78 is 0. The number of quaternary nitrogens is 1. The molecular weight excluding hydrogens is 272 g/mol. The fourth-order valence-electron chi connectivity index (χ4n) is 2.90. The van der Waals surface area contributed by atoms with Crippen molar-refractivity contribution in [2.24, 2.45) is 5.92 Å². The summed E-state index contributed by atoms with van der Waals surface area (Å²) in [5.41, 5.74) is 0.667. The van der Waals surface area contributed by atoms with Crippen molar-refractivity contribution in [1.82, 2.24) is 5.32 Å². The molecule has 2 atom stereocenters. The first-order chi connectivity index (χ1) is 9.65. The summed E-state index contributed by atoms with van der Waals surface area (Å²) in [5.74, 6) is 0.834. The molecule has 0 saturated heterocycles. The third-order valence-electron chi connectivity index (χ3n) is 4.01. The van der Waals surface area contributed by atoms with Gasteiger partial charge in [0.2, 0.25) is 0 Å². The maximum Gasteiger partial charge on any atom is 0.251 e. The molecule has 0 spiro atoms. The van der Waals surface area contributed by atoms with Crippen LogP contribution < -0.4 is 10.6 Å². The topological polar surface area (TPSA) is 45.7 Å². The third-order valence-corrected chi connectivity index (χ3v) is 4.27. The molecule has 3 nitrogen and oxygen atoms in total. The molecule has 0 heterocycles. The number of rotatable bonds is 5. The van der Waals surface area contributed by atoms with E-state index in [1.165, 1.54) is 25.7 Å². The van der Waals surface area contributed by atoms with Crippen LogP contribution in [0.5, 0.6) is 0 Å². The van der Waals surface area contributed by atoms with Gasteiger partial charge in [0.25, 0.3) is 5.91 Å². The van der Waals surface area contributed by atoms with E-state index in [-0.39, 0.29) is 5.91 Å². The molecule has 2 rings (SSSR count). The molecule has 0 aliphatic heterocycles. The summed E-state index contributed by atoms with van der Waals surface area (Å²) in [6, 6.07) is 7.73. The van der Waals surface area contributed by atoms with Crippen LogP contribution >= 0.6 is 11.6 Å². The van der Waals surface area contributed by atoms with E-state index in [0.29, 0.717) is 17.1 Å². The van der Waals surface area contributed by atoms with Crippen molar-refractivity contribution in [3.8, 4) is 0 Å². The van der Waals surface area contributed by atoms with Crippen LogP contribution in [-0.2, 0) is 0 Å². The van der Waals surface area contributed by atoms with E-state index in [9.17, 15) is 4.79 Å². The molecular formula is C16H24ClN2O+. The van der Waals surface area contributed by atoms with E-state index >= 15 is 0 Å². The minimum atomic E-state index is -0.0212. The Kier molecular flexibility index (Phi) is 5.86. The summed E-state index contributed by atoms with van der Waals surface area (Å²) in [5, 5.41) is 6.00. The predicted molar refractivity (Wildman–Crippen MR) is 82.0 cm³/mol. The molecule has 1 amide bonds. The Morgan fingerprint density at radius 2 is 2.10 bits per heavy atom. The van der Waals surface area contributed by atoms with Crippen LogP contribution in [0, 0.1) is 5.92 Å². The van der Waals surface area contributed by atoms with Gasteiger partial charge in [0.1, 0.15) is 0 Å². The predicted octanol–water partition coefficient (Wildman–Crippen LogP) is 2.21. The highest BCUT2D eigenvalue weighted by molar-refractivity contribution is 6.30. The van der Waals surface area contributed by atoms with Crippen LogP contribution in [0.25, 0.3) is 0 Å². The van der Waals surface area contributed by atoms with E-state index in [1.807, 2.05) is 0 Å². The average Bonchev–Trinajstić information content (AvgIpc) is 2.44. The summed E-state index contributed by atoms with van der Waals surface area (Å²) in [6.45, 7) is 4.01. The fourth-order valence-corrected chi connectivity index (χ4v) is 3.03. The number of carbonyl (C=O) groups excluding carboxylic acids is 1. The second kappa shape index (κ2) is 7.65. The molecule has 1 aromatic carbocycles. The zero-order valence-corrected chi connectivity index (χ0v) is 12.8. The lowest BCUT2D eigenvalue weighted by Crippen LogP contribution is -2.91. The van der Waals surface area contributed by atoms with Crippen molar-refractivity contribution in [2.45, 2.75) is 38.6 Å². The first-order valence-electron chi connectivity index (χ1n) is 7.52. The van der Waals surface area contributed by atoms with Gasteiger partial charge in [0.15, 0.2) is 0 Å².